The minimum Gasteiger partial charge on any atom is -0.492 e. The molecule has 0 atom stereocenters. The molecule has 5 rings (SSSR count). The molecular formula is C29H32N4OS. The summed E-state index contributed by atoms with van der Waals surface area (Å²) in [5, 5.41) is 3.34. The van der Waals surface area contributed by atoms with Crippen LogP contribution in [0.1, 0.15) is 29.5 Å². The van der Waals surface area contributed by atoms with E-state index in [1.165, 1.54) is 47.5 Å². The van der Waals surface area contributed by atoms with Crippen molar-refractivity contribution in [3.63, 3.8) is 0 Å². The molecule has 4 aromatic rings. The van der Waals surface area contributed by atoms with Crippen molar-refractivity contribution in [2.75, 3.05) is 31.6 Å². The second-order valence-corrected chi connectivity index (χ2v) is 10.3. The van der Waals surface area contributed by atoms with Crippen LogP contribution in [0.15, 0.2) is 60.8 Å². The number of nitrogens with zero attached hydrogens (tertiary/aromatic N) is 3. The molecule has 6 heteroatoms. The molecule has 1 saturated heterocycles. The molecule has 2 aromatic carbocycles. The summed E-state index contributed by atoms with van der Waals surface area (Å²) in [6.45, 7) is 10.5. The topological polar surface area (TPSA) is 50.3 Å². The van der Waals surface area contributed by atoms with Gasteiger partial charge in [-0.3, -0.25) is 4.90 Å². The molecule has 0 bridgehead atoms. The van der Waals surface area contributed by atoms with Gasteiger partial charge in [0.2, 0.25) is 5.95 Å². The molecule has 0 amide bonds. The fraction of sp³-hybridized carbons (Fsp3) is 0.310. The first kappa shape index (κ1) is 23.5. The lowest BCUT2D eigenvalue weighted by Gasteiger charge is -2.15. The van der Waals surface area contributed by atoms with Crippen LogP contribution in [0.25, 0.3) is 21.0 Å². The van der Waals surface area contributed by atoms with E-state index in [0.717, 1.165) is 40.7 Å². The third-order valence-electron chi connectivity index (χ3n) is 6.67. The minimum absolute atomic E-state index is 0.593. The summed E-state index contributed by atoms with van der Waals surface area (Å²) >= 11 is 1.77. The van der Waals surface area contributed by atoms with Crippen LogP contribution in [-0.4, -0.2) is 41.1 Å². The Hall–Kier alpha value is -3.22. The Bertz CT molecular complexity index is 1290. The van der Waals surface area contributed by atoms with Gasteiger partial charge in [0.05, 0.1) is 10.6 Å². The van der Waals surface area contributed by atoms with Gasteiger partial charge < -0.3 is 10.1 Å². The zero-order valence-electron chi connectivity index (χ0n) is 20.7. The lowest BCUT2D eigenvalue weighted by atomic mass is 10.0. The standard InChI is InChI=1S/C29H32N4OS/c1-20-7-6-8-25(22(20)3)26-13-14-27(35-26)28-21(2)19-30-29(32-28)31-23-9-11-24(12-10-23)34-18-17-33-15-4-5-16-33/h6-14,19H,4-5,15-18H2,1-3H3,(H,30,31,32). The Labute approximate surface area is 211 Å². The third-order valence-corrected chi connectivity index (χ3v) is 7.79. The van der Waals surface area contributed by atoms with E-state index < -0.39 is 0 Å². The predicted molar refractivity (Wildman–Crippen MR) is 146 cm³/mol. The van der Waals surface area contributed by atoms with Crippen molar-refractivity contribution >= 4 is 23.0 Å². The van der Waals surface area contributed by atoms with E-state index in [1.807, 2.05) is 30.5 Å². The number of rotatable bonds is 8. The van der Waals surface area contributed by atoms with Gasteiger partial charge in [0.1, 0.15) is 12.4 Å². The fourth-order valence-corrected chi connectivity index (χ4v) is 5.59. The zero-order valence-corrected chi connectivity index (χ0v) is 21.5. The van der Waals surface area contributed by atoms with Gasteiger partial charge in [0.15, 0.2) is 0 Å². The average Bonchev–Trinajstić information content (AvgIpc) is 3.56. The maximum absolute atomic E-state index is 5.92. The molecule has 0 unspecified atom stereocenters. The molecule has 0 radical (unpaired) electrons. The molecule has 1 aliphatic rings. The Balaban J connectivity index is 1.26. The number of anilines is 2. The molecule has 2 aromatic heterocycles. The van der Waals surface area contributed by atoms with E-state index in [1.54, 1.807) is 11.3 Å². The first-order valence-electron chi connectivity index (χ1n) is 12.3. The van der Waals surface area contributed by atoms with Crippen molar-refractivity contribution < 1.29 is 4.74 Å². The maximum Gasteiger partial charge on any atom is 0.227 e. The molecule has 5 nitrogen and oxygen atoms in total. The maximum atomic E-state index is 5.92. The number of nitrogens with one attached hydrogen (secondary N) is 1. The van der Waals surface area contributed by atoms with Crippen LogP contribution in [-0.2, 0) is 0 Å². The normalized spacial score (nSPS) is 13.8. The van der Waals surface area contributed by atoms with Crippen LogP contribution in [0.2, 0.25) is 0 Å². The number of aromatic nitrogens is 2. The number of benzene rings is 2. The molecule has 3 heterocycles. The van der Waals surface area contributed by atoms with Crippen LogP contribution >= 0.6 is 11.3 Å². The molecule has 0 spiro atoms. The molecule has 180 valence electrons. The lowest BCUT2D eigenvalue weighted by molar-refractivity contribution is 0.238. The summed E-state index contributed by atoms with van der Waals surface area (Å²) in [7, 11) is 0. The van der Waals surface area contributed by atoms with Crippen LogP contribution in [0.5, 0.6) is 5.75 Å². The number of ether oxygens (including phenoxy) is 1. The number of hydrogen-bond donors (Lipinski definition) is 1. The lowest BCUT2D eigenvalue weighted by Crippen LogP contribution is -2.25. The summed E-state index contributed by atoms with van der Waals surface area (Å²) in [6, 6.07) is 18.8. The molecule has 1 fully saturated rings. The van der Waals surface area contributed by atoms with Gasteiger partial charge in [0, 0.05) is 23.3 Å². The van der Waals surface area contributed by atoms with E-state index in [4.69, 9.17) is 9.72 Å². The Kier molecular flexibility index (Phi) is 7.11. The van der Waals surface area contributed by atoms with E-state index in [0.29, 0.717) is 5.95 Å². The van der Waals surface area contributed by atoms with E-state index >= 15 is 0 Å². The van der Waals surface area contributed by atoms with Crippen molar-refractivity contribution in [2.24, 2.45) is 0 Å². The van der Waals surface area contributed by atoms with Crippen LogP contribution in [0.3, 0.4) is 0 Å². The molecule has 35 heavy (non-hydrogen) atoms. The van der Waals surface area contributed by atoms with Crippen molar-refractivity contribution in [3.05, 3.63) is 77.5 Å². The summed E-state index contributed by atoms with van der Waals surface area (Å²) in [5.41, 5.74) is 6.89. The Morgan fingerprint density at radius 1 is 0.914 bits per heavy atom. The van der Waals surface area contributed by atoms with Crippen molar-refractivity contribution in [1.82, 2.24) is 14.9 Å². The van der Waals surface area contributed by atoms with Gasteiger partial charge in [-0.25, -0.2) is 9.97 Å². The van der Waals surface area contributed by atoms with Gasteiger partial charge in [-0.1, -0.05) is 18.2 Å². The Morgan fingerprint density at radius 3 is 2.49 bits per heavy atom. The highest BCUT2D eigenvalue weighted by molar-refractivity contribution is 7.18. The molecular weight excluding hydrogens is 452 g/mol. The van der Waals surface area contributed by atoms with E-state index in [-0.39, 0.29) is 0 Å². The summed E-state index contributed by atoms with van der Waals surface area (Å²) < 4.78 is 5.92. The number of likely N-dealkylation sites (tertiary alicyclic amines) is 1. The third kappa shape index (κ3) is 5.55. The van der Waals surface area contributed by atoms with Crippen molar-refractivity contribution in [1.29, 1.82) is 0 Å². The second kappa shape index (κ2) is 10.6. The molecule has 0 saturated carbocycles. The SMILES string of the molecule is Cc1cnc(Nc2ccc(OCCN3CCCC3)cc2)nc1-c1ccc(-c2cccc(C)c2C)s1. The summed E-state index contributed by atoms with van der Waals surface area (Å²) in [5.74, 6) is 1.48. The second-order valence-electron chi connectivity index (χ2n) is 9.18. The number of thiophene rings is 1. The van der Waals surface area contributed by atoms with Gasteiger partial charge in [-0.05, 0) is 105 Å². The van der Waals surface area contributed by atoms with E-state index in [9.17, 15) is 0 Å². The smallest absolute Gasteiger partial charge is 0.227 e. The minimum atomic E-state index is 0.593. The van der Waals surface area contributed by atoms with Gasteiger partial charge in [-0.2, -0.15) is 0 Å². The van der Waals surface area contributed by atoms with Gasteiger partial charge in [0.25, 0.3) is 0 Å². The Morgan fingerprint density at radius 2 is 1.69 bits per heavy atom. The highest BCUT2D eigenvalue weighted by Gasteiger charge is 2.13. The van der Waals surface area contributed by atoms with Crippen LogP contribution in [0, 0.1) is 20.8 Å². The number of aryl methyl sites for hydroxylation is 2. The first-order chi connectivity index (χ1) is 17.1. The van der Waals surface area contributed by atoms with Crippen molar-refractivity contribution in [3.8, 4) is 26.8 Å². The van der Waals surface area contributed by atoms with Crippen molar-refractivity contribution in [2.45, 2.75) is 33.6 Å². The van der Waals surface area contributed by atoms with Crippen LogP contribution in [0.4, 0.5) is 11.6 Å². The first-order valence-corrected chi connectivity index (χ1v) is 13.1. The molecule has 1 aliphatic heterocycles. The predicted octanol–water partition coefficient (Wildman–Crippen LogP) is 7.02. The monoisotopic (exact) mass is 484 g/mol. The number of hydrogen-bond acceptors (Lipinski definition) is 6. The van der Waals surface area contributed by atoms with Gasteiger partial charge in [-0.15, -0.1) is 11.3 Å². The van der Waals surface area contributed by atoms with E-state index in [2.05, 4.69) is 66.3 Å². The highest BCUT2D eigenvalue weighted by Crippen LogP contribution is 2.37. The quantitative estimate of drug-likeness (QED) is 0.291. The zero-order chi connectivity index (χ0) is 24.2. The summed E-state index contributed by atoms with van der Waals surface area (Å²) in [6.07, 6.45) is 4.50. The highest BCUT2D eigenvalue weighted by atomic mass is 32.1. The van der Waals surface area contributed by atoms with Gasteiger partial charge >= 0.3 is 0 Å². The summed E-state index contributed by atoms with van der Waals surface area (Å²) in [4.78, 5) is 14.2. The van der Waals surface area contributed by atoms with Crippen LogP contribution < -0.4 is 10.1 Å². The molecule has 0 aliphatic carbocycles. The molecule has 1 N–H and O–H groups in total. The average molecular weight is 485 g/mol. The fourth-order valence-electron chi connectivity index (χ4n) is 4.44. The largest absolute Gasteiger partial charge is 0.492 e.